The van der Waals surface area contributed by atoms with Crippen LogP contribution in [0.2, 0.25) is 0 Å². The van der Waals surface area contributed by atoms with E-state index < -0.39 is 0 Å². The summed E-state index contributed by atoms with van der Waals surface area (Å²) < 4.78 is 0. The lowest BCUT2D eigenvalue weighted by Crippen LogP contribution is -2.55. The third-order valence-corrected chi connectivity index (χ3v) is 2.84. The Hall–Kier alpha value is -1.10. The van der Waals surface area contributed by atoms with Crippen LogP contribution in [-0.4, -0.2) is 60.9 Å². The molecule has 1 heterocycles. The SMILES string of the molecule is CCCNCCN1CC(=O)N(CCC)CC1=O. The number of rotatable bonds is 7. The van der Waals surface area contributed by atoms with Crippen molar-refractivity contribution in [2.75, 3.05) is 39.3 Å². The van der Waals surface area contributed by atoms with E-state index in [2.05, 4.69) is 12.2 Å². The first-order valence-corrected chi connectivity index (χ1v) is 6.45. The van der Waals surface area contributed by atoms with Gasteiger partial charge in [0.15, 0.2) is 0 Å². The Kier molecular flexibility index (Phi) is 5.97. The summed E-state index contributed by atoms with van der Waals surface area (Å²) in [5, 5.41) is 3.24. The van der Waals surface area contributed by atoms with E-state index in [1.807, 2.05) is 6.92 Å². The van der Waals surface area contributed by atoms with Gasteiger partial charge in [-0.05, 0) is 19.4 Å². The maximum atomic E-state index is 11.8. The van der Waals surface area contributed by atoms with E-state index in [0.717, 1.165) is 25.9 Å². The van der Waals surface area contributed by atoms with Crippen molar-refractivity contribution >= 4 is 11.8 Å². The molecule has 0 radical (unpaired) electrons. The molecular weight excluding hydrogens is 218 g/mol. The molecule has 5 heteroatoms. The summed E-state index contributed by atoms with van der Waals surface area (Å²) in [5.41, 5.74) is 0. The molecule has 0 aromatic heterocycles. The van der Waals surface area contributed by atoms with Crippen LogP contribution in [0.3, 0.4) is 0 Å². The summed E-state index contributed by atoms with van der Waals surface area (Å²) in [7, 11) is 0. The van der Waals surface area contributed by atoms with E-state index >= 15 is 0 Å². The van der Waals surface area contributed by atoms with Crippen LogP contribution in [0.1, 0.15) is 26.7 Å². The third kappa shape index (κ3) is 4.34. The molecule has 0 aromatic carbocycles. The van der Waals surface area contributed by atoms with Gasteiger partial charge in [0.2, 0.25) is 11.8 Å². The number of amides is 2. The maximum absolute atomic E-state index is 11.8. The monoisotopic (exact) mass is 241 g/mol. The Labute approximate surface area is 103 Å². The minimum Gasteiger partial charge on any atom is -0.332 e. The third-order valence-electron chi connectivity index (χ3n) is 2.84. The van der Waals surface area contributed by atoms with Gasteiger partial charge in [-0.25, -0.2) is 0 Å². The molecule has 0 aliphatic carbocycles. The fourth-order valence-corrected chi connectivity index (χ4v) is 1.90. The first kappa shape index (κ1) is 14.0. The molecule has 17 heavy (non-hydrogen) atoms. The fourth-order valence-electron chi connectivity index (χ4n) is 1.90. The Morgan fingerprint density at radius 2 is 1.53 bits per heavy atom. The summed E-state index contributed by atoms with van der Waals surface area (Å²) in [6.45, 7) is 7.65. The van der Waals surface area contributed by atoms with Crippen LogP contribution in [0.4, 0.5) is 0 Å². The standard InChI is InChI=1S/C12H23N3O2/c1-3-5-13-6-8-15-10-11(16)14(7-4-2)9-12(15)17/h13H,3-10H2,1-2H3. The van der Waals surface area contributed by atoms with E-state index in [1.165, 1.54) is 0 Å². The second-order valence-electron chi connectivity index (χ2n) is 4.38. The fraction of sp³-hybridized carbons (Fsp3) is 0.833. The molecule has 1 fully saturated rings. The van der Waals surface area contributed by atoms with Gasteiger partial charge in [0.25, 0.3) is 0 Å². The predicted octanol–water partition coefficient (Wildman–Crippen LogP) is 0.0668. The van der Waals surface area contributed by atoms with Crippen LogP contribution >= 0.6 is 0 Å². The molecule has 0 saturated carbocycles. The van der Waals surface area contributed by atoms with Crippen LogP contribution in [0, 0.1) is 0 Å². The summed E-state index contributed by atoms with van der Waals surface area (Å²) in [6.07, 6.45) is 1.98. The first-order valence-electron chi connectivity index (χ1n) is 6.45. The Bertz CT molecular complexity index is 268. The molecule has 1 saturated heterocycles. The molecule has 5 nitrogen and oxygen atoms in total. The minimum absolute atomic E-state index is 0.0661. The van der Waals surface area contributed by atoms with Crippen LogP contribution in [0.25, 0.3) is 0 Å². The van der Waals surface area contributed by atoms with Gasteiger partial charge in [-0.1, -0.05) is 13.8 Å². The second kappa shape index (κ2) is 7.27. The molecule has 98 valence electrons. The molecule has 1 aliphatic rings. The van der Waals surface area contributed by atoms with Crippen molar-refractivity contribution in [2.45, 2.75) is 26.7 Å². The molecule has 1 N–H and O–H groups in total. The van der Waals surface area contributed by atoms with Crippen molar-refractivity contribution in [3.05, 3.63) is 0 Å². The van der Waals surface area contributed by atoms with Crippen LogP contribution < -0.4 is 5.32 Å². The maximum Gasteiger partial charge on any atom is 0.242 e. The Balaban J connectivity index is 2.33. The van der Waals surface area contributed by atoms with Crippen LogP contribution in [0.5, 0.6) is 0 Å². The summed E-state index contributed by atoms with van der Waals surface area (Å²) in [4.78, 5) is 26.8. The zero-order valence-electron chi connectivity index (χ0n) is 10.9. The van der Waals surface area contributed by atoms with Crippen molar-refractivity contribution in [3.8, 4) is 0 Å². The van der Waals surface area contributed by atoms with Gasteiger partial charge in [0, 0.05) is 19.6 Å². The molecule has 0 spiro atoms. The molecule has 0 atom stereocenters. The molecule has 0 bridgehead atoms. The lowest BCUT2D eigenvalue weighted by Gasteiger charge is -2.33. The normalized spacial score (nSPS) is 16.8. The predicted molar refractivity (Wildman–Crippen MR) is 66.6 cm³/mol. The number of nitrogens with one attached hydrogen (secondary N) is 1. The Morgan fingerprint density at radius 1 is 0.941 bits per heavy atom. The number of hydrogen-bond acceptors (Lipinski definition) is 3. The van der Waals surface area contributed by atoms with Gasteiger partial charge in [0.05, 0.1) is 13.1 Å². The highest BCUT2D eigenvalue weighted by atomic mass is 16.2. The molecule has 1 aliphatic heterocycles. The highest BCUT2D eigenvalue weighted by Crippen LogP contribution is 2.04. The zero-order chi connectivity index (χ0) is 12.7. The smallest absolute Gasteiger partial charge is 0.242 e. The van der Waals surface area contributed by atoms with Crippen molar-refractivity contribution in [1.29, 1.82) is 0 Å². The average molecular weight is 241 g/mol. The molecule has 2 amide bonds. The summed E-state index contributed by atoms with van der Waals surface area (Å²) in [5.74, 6) is 0.137. The van der Waals surface area contributed by atoms with E-state index in [1.54, 1.807) is 9.80 Å². The van der Waals surface area contributed by atoms with Gasteiger partial charge in [-0.2, -0.15) is 0 Å². The highest BCUT2D eigenvalue weighted by Gasteiger charge is 2.28. The number of carbonyl (C=O) groups is 2. The molecule has 1 rings (SSSR count). The molecular formula is C12H23N3O2. The second-order valence-corrected chi connectivity index (χ2v) is 4.38. The van der Waals surface area contributed by atoms with Gasteiger partial charge in [-0.3, -0.25) is 9.59 Å². The van der Waals surface area contributed by atoms with Gasteiger partial charge in [0.1, 0.15) is 0 Å². The summed E-state index contributed by atoms with van der Waals surface area (Å²) >= 11 is 0. The average Bonchev–Trinajstić information content (AvgIpc) is 2.30. The molecule has 0 aromatic rings. The van der Waals surface area contributed by atoms with Crippen molar-refractivity contribution in [1.82, 2.24) is 15.1 Å². The van der Waals surface area contributed by atoms with Crippen LogP contribution in [-0.2, 0) is 9.59 Å². The van der Waals surface area contributed by atoms with Crippen molar-refractivity contribution < 1.29 is 9.59 Å². The highest BCUT2D eigenvalue weighted by molar-refractivity contribution is 5.92. The van der Waals surface area contributed by atoms with Crippen LogP contribution in [0.15, 0.2) is 0 Å². The van der Waals surface area contributed by atoms with Crippen molar-refractivity contribution in [3.63, 3.8) is 0 Å². The number of hydrogen-bond donors (Lipinski definition) is 1. The van der Waals surface area contributed by atoms with Gasteiger partial charge >= 0.3 is 0 Å². The Morgan fingerprint density at radius 3 is 2.06 bits per heavy atom. The molecule has 0 unspecified atom stereocenters. The van der Waals surface area contributed by atoms with E-state index in [9.17, 15) is 9.59 Å². The lowest BCUT2D eigenvalue weighted by atomic mass is 10.2. The van der Waals surface area contributed by atoms with Crippen molar-refractivity contribution in [2.24, 2.45) is 0 Å². The van der Waals surface area contributed by atoms with E-state index in [-0.39, 0.29) is 24.9 Å². The first-order chi connectivity index (χ1) is 8.19. The quantitative estimate of drug-likeness (QED) is 0.642. The van der Waals surface area contributed by atoms with E-state index in [4.69, 9.17) is 0 Å². The summed E-state index contributed by atoms with van der Waals surface area (Å²) in [6, 6.07) is 0. The van der Waals surface area contributed by atoms with Gasteiger partial charge < -0.3 is 15.1 Å². The lowest BCUT2D eigenvalue weighted by molar-refractivity contribution is -0.150. The number of carbonyl (C=O) groups excluding carboxylic acids is 2. The van der Waals surface area contributed by atoms with E-state index in [0.29, 0.717) is 13.1 Å². The topological polar surface area (TPSA) is 52.7 Å². The number of piperazine rings is 1. The minimum atomic E-state index is 0.0661. The van der Waals surface area contributed by atoms with Gasteiger partial charge in [-0.15, -0.1) is 0 Å². The zero-order valence-corrected chi connectivity index (χ0v) is 10.9. The number of nitrogens with zero attached hydrogens (tertiary/aromatic N) is 2. The largest absolute Gasteiger partial charge is 0.332 e.